The lowest BCUT2D eigenvalue weighted by Crippen LogP contribution is -2.43. The summed E-state index contributed by atoms with van der Waals surface area (Å²) >= 11 is 0. The van der Waals surface area contributed by atoms with Crippen LogP contribution in [0.3, 0.4) is 0 Å². The molecule has 0 bridgehead atoms. The number of nitrogens with zero attached hydrogens (tertiary/aromatic N) is 2. The van der Waals surface area contributed by atoms with E-state index in [1.54, 1.807) is 0 Å². The van der Waals surface area contributed by atoms with Crippen molar-refractivity contribution in [1.82, 2.24) is 10.2 Å². The number of aromatic nitrogens is 2. The van der Waals surface area contributed by atoms with Crippen LogP contribution in [0.25, 0.3) is 0 Å². The van der Waals surface area contributed by atoms with Crippen LogP contribution >= 0.6 is 0 Å². The van der Waals surface area contributed by atoms with Gasteiger partial charge in [0.05, 0.1) is 0 Å². The first-order valence-corrected chi connectivity index (χ1v) is 7.22. The summed E-state index contributed by atoms with van der Waals surface area (Å²) in [7, 11) is 0. The summed E-state index contributed by atoms with van der Waals surface area (Å²) in [6.07, 6.45) is 4.76. The van der Waals surface area contributed by atoms with E-state index in [0.29, 0.717) is 12.0 Å². The molecule has 100 valence electrons. The molecule has 3 atom stereocenters. The first kappa shape index (κ1) is 12.0. The van der Waals surface area contributed by atoms with E-state index in [2.05, 4.69) is 28.9 Å². The lowest BCUT2D eigenvalue weighted by Gasteiger charge is -2.33. The van der Waals surface area contributed by atoms with Crippen molar-refractivity contribution < 1.29 is 0 Å². The Bertz CT molecular complexity index is 425. The molecule has 1 fully saturated rings. The number of H-pyrrole nitrogens is 1. The Hall–Kier alpha value is -1.03. The average molecular weight is 248 g/mol. The summed E-state index contributed by atoms with van der Waals surface area (Å²) < 4.78 is 0. The zero-order valence-corrected chi connectivity index (χ0v) is 11.4. The molecule has 4 nitrogen and oxygen atoms in total. The maximum Gasteiger partial charge on any atom is 0.154 e. The summed E-state index contributed by atoms with van der Waals surface area (Å²) in [5.74, 6) is 2.57. The number of piperidine rings is 1. The van der Waals surface area contributed by atoms with Crippen LogP contribution in [0.15, 0.2) is 0 Å². The molecule has 1 aromatic heterocycles. The van der Waals surface area contributed by atoms with E-state index < -0.39 is 0 Å². The fourth-order valence-corrected chi connectivity index (χ4v) is 3.65. The maximum atomic E-state index is 6.08. The second-order valence-corrected chi connectivity index (χ2v) is 6.23. The molecular formula is C14H24N4. The summed E-state index contributed by atoms with van der Waals surface area (Å²) in [6, 6.07) is 0.309. The van der Waals surface area contributed by atoms with Gasteiger partial charge in [0.2, 0.25) is 0 Å². The minimum absolute atomic E-state index is 0.309. The number of hydrogen-bond acceptors (Lipinski definition) is 3. The van der Waals surface area contributed by atoms with Gasteiger partial charge in [0, 0.05) is 30.4 Å². The molecule has 1 aliphatic carbocycles. The molecule has 1 aromatic rings. The highest BCUT2D eigenvalue weighted by molar-refractivity contribution is 5.52. The SMILES string of the molecule is CC1Cc2[nH]nc(N3CCCC(N)C3)c2C(C)C1. The summed E-state index contributed by atoms with van der Waals surface area (Å²) in [5, 5.41) is 7.85. The van der Waals surface area contributed by atoms with Gasteiger partial charge in [-0.05, 0) is 37.5 Å². The first-order valence-electron chi connectivity index (χ1n) is 7.22. The van der Waals surface area contributed by atoms with Crippen molar-refractivity contribution in [2.75, 3.05) is 18.0 Å². The molecule has 3 N–H and O–H groups in total. The molecular weight excluding hydrogens is 224 g/mol. The van der Waals surface area contributed by atoms with E-state index in [-0.39, 0.29) is 0 Å². The Labute approximate surface area is 109 Å². The zero-order valence-electron chi connectivity index (χ0n) is 11.4. The topological polar surface area (TPSA) is 57.9 Å². The van der Waals surface area contributed by atoms with Gasteiger partial charge in [-0.15, -0.1) is 0 Å². The first-order chi connectivity index (χ1) is 8.65. The smallest absolute Gasteiger partial charge is 0.154 e. The van der Waals surface area contributed by atoms with Crippen molar-refractivity contribution in [3.63, 3.8) is 0 Å². The molecule has 2 aliphatic rings. The van der Waals surface area contributed by atoms with Crippen LogP contribution < -0.4 is 10.6 Å². The molecule has 0 radical (unpaired) electrons. The molecule has 1 aliphatic heterocycles. The molecule has 0 amide bonds. The predicted molar refractivity (Wildman–Crippen MR) is 73.9 cm³/mol. The number of rotatable bonds is 1. The number of fused-ring (bicyclic) bond motifs is 1. The van der Waals surface area contributed by atoms with Crippen molar-refractivity contribution in [2.45, 2.75) is 51.5 Å². The highest BCUT2D eigenvalue weighted by atomic mass is 15.3. The van der Waals surface area contributed by atoms with Crippen LogP contribution in [0.2, 0.25) is 0 Å². The number of nitrogens with one attached hydrogen (secondary N) is 1. The Morgan fingerprint density at radius 3 is 3.00 bits per heavy atom. The molecule has 0 saturated carbocycles. The third-order valence-electron chi connectivity index (χ3n) is 4.42. The van der Waals surface area contributed by atoms with E-state index >= 15 is 0 Å². The Morgan fingerprint density at radius 2 is 2.22 bits per heavy atom. The Morgan fingerprint density at radius 1 is 1.39 bits per heavy atom. The minimum Gasteiger partial charge on any atom is -0.353 e. The lowest BCUT2D eigenvalue weighted by atomic mass is 9.81. The second kappa shape index (κ2) is 4.57. The highest BCUT2D eigenvalue weighted by Crippen LogP contribution is 2.39. The monoisotopic (exact) mass is 248 g/mol. The fraction of sp³-hybridized carbons (Fsp3) is 0.786. The summed E-state index contributed by atoms with van der Waals surface area (Å²) in [6.45, 7) is 6.72. The quantitative estimate of drug-likeness (QED) is 0.799. The van der Waals surface area contributed by atoms with Crippen molar-refractivity contribution in [3.8, 4) is 0 Å². The molecule has 0 spiro atoms. The van der Waals surface area contributed by atoms with E-state index in [1.165, 1.54) is 29.9 Å². The third kappa shape index (κ3) is 2.03. The van der Waals surface area contributed by atoms with Crippen LogP contribution in [0.1, 0.15) is 50.3 Å². The van der Waals surface area contributed by atoms with Crippen molar-refractivity contribution in [2.24, 2.45) is 11.7 Å². The van der Waals surface area contributed by atoms with Gasteiger partial charge < -0.3 is 10.6 Å². The van der Waals surface area contributed by atoms with E-state index in [1.807, 2.05) is 0 Å². The lowest BCUT2D eigenvalue weighted by molar-refractivity contribution is 0.444. The van der Waals surface area contributed by atoms with E-state index in [0.717, 1.165) is 31.8 Å². The average Bonchev–Trinajstić information content (AvgIpc) is 2.72. The van der Waals surface area contributed by atoms with Crippen molar-refractivity contribution in [1.29, 1.82) is 0 Å². The molecule has 2 heterocycles. The van der Waals surface area contributed by atoms with E-state index in [4.69, 9.17) is 5.73 Å². The standard InChI is InChI=1S/C14H24N4/c1-9-6-10(2)13-12(7-9)16-17-14(13)18-5-3-4-11(15)8-18/h9-11H,3-8,15H2,1-2H3,(H,16,17). The summed E-state index contributed by atoms with van der Waals surface area (Å²) in [5.41, 5.74) is 8.90. The highest BCUT2D eigenvalue weighted by Gasteiger charge is 2.30. The largest absolute Gasteiger partial charge is 0.353 e. The number of hydrogen-bond donors (Lipinski definition) is 2. The predicted octanol–water partition coefficient (Wildman–Crippen LogP) is 2.02. The number of anilines is 1. The second-order valence-electron chi connectivity index (χ2n) is 6.23. The molecule has 1 saturated heterocycles. The molecule has 0 aromatic carbocycles. The van der Waals surface area contributed by atoms with Gasteiger partial charge >= 0.3 is 0 Å². The van der Waals surface area contributed by atoms with Crippen molar-refractivity contribution >= 4 is 5.82 Å². The van der Waals surface area contributed by atoms with Gasteiger partial charge in [-0.3, -0.25) is 5.10 Å². The zero-order chi connectivity index (χ0) is 12.7. The third-order valence-corrected chi connectivity index (χ3v) is 4.42. The van der Waals surface area contributed by atoms with Gasteiger partial charge in [-0.2, -0.15) is 5.10 Å². The minimum atomic E-state index is 0.309. The fourth-order valence-electron chi connectivity index (χ4n) is 3.65. The number of nitrogens with two attached hydrogens (primary N) is 1. The molecule has 3 rings (SSSR count). The van der Waals surface area contributed by atoms with Crippen LogP contribution in [0.4, 0.5) is 5.82 Å². The molecule has 4 heteroatoms. The summed E-state index contributed by atoms with van der Waals surface area (Å²) in [4.78, 5) is 2.38. The van der Waals surface area contributed by atoms with Crippen LogP contribution in [-0.2, 0) is 6.42 Å². The van der Waals surface area contributed by atoms with Crippen molar-refractivity contribution in [3.05, 3.63) is 11.3 Å². The Kier molecular flexibility index (Phi) is 3.06. The van der Waals surface area contributed by atoms with Gasteiger partial charge in [0.1, 0.15) is 0 Å². The molecule has 18 heavy (non-hydrogen) atoms. The van der Waals surface area contributed by atoms with Crippen LogP contribution in [0.5, 0.6) is 0 Å². The van der Waals surface area contributed by atoms with E-state index in [9.17, 15) is 0 Å². The van der Waals surface area contributed by atoms with Gasteiger partial charge in [0.25, 0.3) is 0 Å². The molecule has 3 unspecified atom stereocenters. The van der Waals surface area contributed by atoms with Crippen LogP contribution in [0, 0.1) is 5.92 Å². The number of aromatic amines is 1. The van der Waals surface area contributed by atoms with Gasteiger partial charge in [-0.1, -0.05) is 13.8 Å². The van der Waals surface area contributed by atoms with Gasteiger partial charge in [0.15, 0.2) is 5.82 Å². The Balaban J connectivity index is 1.89. The van der Waals surface area contributed by atoms with Crippen LogP contribution in [-0.4, -0.2) is 29.3 Å². The van der Waals surface area contributed by atoms with Gasteiger partial charge in [-0.25, -0.2) is 0 Å². The normalized spacial score (nSPS) is 32.4. The maximum absolute atomic E-state index is 6.08.